The van der Waals surface area contributed by atoms with Gasteiger partial charge in [0.25, 0.3) is 10.0 Å². The minimum Gasteiger partial charge on any atom is -0.494 e. The zero-order chi connectivity index (χ0) is 23.1. The average Bonchev–Trinajstić information content (AvgIpc) is 2.76. The molecule has 3 aromatic carbocycles. The molecule has 0 spiro atoms. The number of amides is 1. The number of carbonyl (C=O) groups excluding carboxylic acids is 1. The van der Waals surface area contributed by atoms with E-state index in [0.29, 0.717) is 18.7 Å². The molecule has 0 saturated carbocycles. The molecule has 1 amide bonds. The maximum absolute atomic E-state index is 12.6. The van der Waals surface area contributed by atoms with Crippen molar-refractivity contribution in [1.29, 1.82) is 0 Å². The van der Waals surface area contributed by atoms with Crippen LogP contribution in [0.25, 0.3) is 0 Å². The number of halogens is 2. The van der Waals surface area contributed by atoms with Crippen LogP contribution in [0.1, 0.15) is 18.4 Å². The number of aryl methyl sites for hydroxylation is 1. The number of hydrogen-bond acceptors (Lipinski definition) is 4. The highest BCUT2D eigenvalue weighted by Crippen LogP contribution is 2.31. The summed E-state index contributed by atoms with van der Waals surface area (Å²) in [7, 11) is -3.87. The van der Waals surface area contributed by atoms with Crippen LogP contribution in [-0.4, -0.2) is 20.9 Å². The van der Waals surface area contributed by atoms with E-state index >= 15 is 0 Å². The average molecular weight is 493 g/mol. The van der Waals surface area contributed by atoms with E-state index in [9.17, 15) is 13.2 Å². The first-order chi connectivity index (χ1) is 15.2. The van der Waals surface area contributed by atoms with Crippen molar-refractivity contribution in [3.8, 4) is 5.75 Å². The van der Waals surface area contributed by atoms with Gasteiger partial charge in [0.05, 0.1) is 27.2 Å². The minimum atomic E-state index is -3.87. The summed E-state index contributed by atoms with van der Waals surface area (Å²) < 4.78 is 33.2. The lowest BCUT2D eigenvalue weighted by molar-refractivity contribution is -0.116. The number of benzene rings is 3. The Balaban J connectivity index is 1.50. The monoisotopic (exact) mass is 492 g/mol. The summed E-state index contributed by atoms with van der Waals surface area (Å²) in [5.41, 5.74) is 1.83. The summed E-state index contributed by atoms with van der Waals surface area (Å²) in [6.45, 7) is 2.42. The van der Waals surface area contributed by atoms with Crippen LogP contribution in [0.5, 0.6) is 5.75 Å². The highest BCUT2D eigenvalue weighted by molar-refractivity contribution is 7.92. The lowest BCUT2D eigenvalue weighted by atomic mass is 10.2. The third-order valence-corrected chi connectivity index (χ3v) is 6.68. The number of sulfonamides is 1. The second-order valence-electron chi connectivity index (χ2n) is 7.04. The maximum atomic E-state index is 12.6. The summed E-state index contributed by atoms with van der Waals surface area (Å²) in [5.74, 6) is 0.581. The molecule has 32 heavy (non-hydrogen) atoms. The van der Waals surface area contributed by atoms with E-state index < -0.39 is 10.0 Å². The molecule has 0 aromatic heterocycles. The molecule has 0 aliphatic heterocycles. The van der Waals surface area contributed by atoms with Crippen LogP contribution in [0.15, 0.2) is 71.6 Å². The van der Waals surface area contributed by atoms with Gasteiger partial charge in [-0.2, -0.15) is 0 Å². The Labute approximate surface area is 197 Å². The van der Waals surface area contributed by atoms with Crippen molar-refractivity contribution in [3.05, 3.63) is 82.3 Å². The Morgan fingerprint density at radius 1 is 0.969 bits per heavy atom. The smallest absolute Gasteiger partial charge is 0.261 e. The fourth-order valence-electron chi connectivity index (χ4n) is 2.78. The molecule has 3 rings (SSSR count). The first-order valence-electron chi connectivity index (χ1n) is 9.81. The number of anilines is 2. The predicted octanol–water partition coefficient (Wildman–Crippen LogP) is 5.90. The standard InChI is InChI=1S/C23H22Cl2N2O4S/c1-16-7-11-18(12-8-16)31-15-3-6-22(28)26-17-9-13-19(14-10-17)32(29,30)27-21-5-2-4-20(24)23(21)25/h2,4-5,7-14,27H,3,6,15H2,1H3,(H,26,28). The number of carbonyl (C=O) groups is 1. The predicted molar refractivity (Wildman–Crippen MR) is 128 cm³/mol. The van der Waals surface area contributed by atoms with E-state index in [4.69, 9.17) is 27.9 Å². The van der Waals surface area contributed by atoms with Gasteiger partial charge in [-0.1, -0.05) is 47.0 Å². The van der Waals surface area contributed by atoms with Gasteiger partial charge >= 0.3 is 0 Å². The van der Waals surface area contributed by atoms with Crippen molar-refractivity contribution in [3.63, 3.8) is 0 Å². The van der Waals surface area contributed by atoms with Crippen molar-refractivity contribution in [2.75, 3.05) is 16.6 Å². The molecule has 0 fully saturated rings. The molecule has 168 valence electrons. The van der Waals surface area contributed by atoms with E-state index in [0.717, 1.165) is 11.3 Å². The van der Waals surface area contributed by atoms with Crippen molar-refractivity contribution in [2.24, 2.45) is 0 Å². The van der Waals surface area contributed by atoms with Gasteiger partial charge in [0.1, 0.15) is 5.75 Å². The summed E-state index contributed by atoms with van der Waals surface area (Å²) in [6.07, 6.45) is 0.831. The molecule has 0 aliphatic carbocycles. The molecule has 0 radical (unpaired) electrons. The molecule has 3 aromatic rings. The molecule has 0 saturated heterocycles. The summed E-state index contributed by atoms with van der Waals surface area (Å²) in [5, 5.41) is 3.11. The fourth-order valence-corrected chi connectivity index (χ4v) is 4.26. The lowest BCUT2D eigenvalue weighted by Crippen LogP contribution is -2.14. The van der Waals surface area contributed by atoms with Gasteiger partial charge in [0, 0.05) is 12.1 Å². The van der Waals surface area contributed by atoms with Crippen molar-refractivity contribution < 1.29 is 17.9 Å². The third kappa shape index (κ3) is 6.63. The van der Waals surface area contributed by atoms with Gasteiger partial charge in [-0.3, -0.25) is 9.52 Å². The quantitative estimate of drug-likeness (QED) is 0.364. The van der Waals surface area contributed by atoms with Gasteiger partial charge < -0.3 is 10.1 Å². The highest BCUT2D eigenvalue weighted by Gasteiger charge is 2.17. The van der Waals surface area contributed by atoms with E-state index in [1.165, 1.54) is 30.3 Å². The van der Waals surface area contributed by atoms with Gasteiger partial charge in [-0.15, -0.1) is 0 Å². The van der Waals surface area contributed by atoms with Gasteiger partial charge in [0.15, 0.2) is 0 Å². The Morgan fingerprint density at radius 3 is 2.34 bits per heavy atom. The number of rotatable bonds is 9. The van der Waals surface area contributed by atoms with Crippen LogP contribution >= 0.6 is 23.2 Å². The molecular formula is C23H22Cl2N2O4S. The number of ether oxygens (including phenoxy) is 1. The van der Waals surface area contributed by atoms with E-state index in [-0.39, 0.29) is 33.0 Å². The van der Waals surface area contributed by atoms with Crippen LogP contribution in [0.2, 0.25) is 10.0 Å². The van der Waals surface area contributed by atoms with Gasteiger partial charge in [-0.05, 0) is 61.9 Å². The minimum absolute atomic E-state index is 0.0260. The van der Waals surface area contributed by atoms with Crippen molar-refractivity contribution in [1.82, 2.24) is 0 Å². The largest absolute Gasteiger partial charge is 0.494 e. The second-order valence-corrected chi connectivity index (χ2v) is 9.51. The van der Waals surface area contributed by atoms with E-state index in [1.54, 1.807) is 12.1 Å². The molecule has 0 unspecified atom stereocenters. The summed E-state index contributed by atoms with van der Waals surface area (Å²) >= 11 is 12.0. The normalized spacial score (nSPS) is 11.1. The summed E-state index contributed by atoms with van der Waals surface area (Å²) in [6, 6.07) is 18.2. The van der Waals surface area contributed by atoms with Gasteiger partial charge in [-0.25, -0.2) is 8.42 Å². The second kappa shape index (κ2) is 10.7. The zero-order valence-electron chi connectivity index (χ0n) is 17.3. The Kier molecular flexibility index (Phi) is 8.01. The molecule has 0 heterocycles. The van der Waals surface area contributed by atoms with Crippen molar-refractivity contribution >= 4 is 50.5 Å². The molecule has 0 aliphatic rings. The van der Waals surface area contributed by atoms with Crippen LogP contribution in [0.4, 0.5) is 11.4 Å². The lowest BCUT2D eigenvalue weighted by Gasteiger charge is -2.11. The van der Waals surface area contributed by atoms with Crippen LogP contribution < -0.4 is 14.8 Å². The van der Waals surface area contributed by atoms with Crippen LogP contribution in [0.3, 0.4) is 0 Å². The van der Waals surface area contributed by atoms with Crippen molar-refractivity contribution in [2.45, 2.75) is 24.7 Å². The van der Waals surface area contributed by atoms with E-state index in [1.807, 2.05) is 31.2 Å². The molecule has 2 N–H and O–H groups in total. The molecule has 9 heteroatoms. The van der Waals surface area contributed by atoms with E-state index in [2.05, 4.69) is 10.0 Å². The Hall–Kier alpha value is -2.74. The molecule has 0 bridgehead atoms. The molecule has 0 atom stereocenters. The maximum Gasteiger partial charge on any atom is 0.261 e. The zero-order valence-corrected chi connectivity index (χ0v) is 19.6. The fraction of sp³-hybridized carbons (Fsp3) is 0.174. The topological polar surface area (TPSA) is 84.5 Å². The summed E-state index contributed by atoms with van der Waals surface area (Å²) in [4.78, 5) is 12.2. The number of nitrogens with one attached hydrogen (secondary N) is 2. The first-order valence-corrected chi connectivity index (χ1v) is 12.0. The first kappa shape index (κ1) is 23.9. The highest BCUT2D eigenvalue weighted by atomic mass is 35.5. The third-order valence-electron chi connectivity index (χ3n) is 4.48. The molecule has 6 nitrogen and oxygen atoms in total. The Bertz CT molecular complexity index is 1180. The van der Waals surface area contributed by atoms with Gasteiger partial charge in [0.2, 0.25) is 5.91 Å². The molecular weight excluding hydrogens is 471 g/mol. The number of hydrogen-bond donors (Lipinski definition) is 2. The van der Waals surface area contributed by atoms with Crippen LogP contribution in [-0.2, 0) is 14.8 Å². The SMILES string of the molecule is Cc1ccc(OCCCC(=O)Nc2ccc(S(=O)(=O)Nc3cccc(Cl)c3Cl)cc2)cc1. The Morgan fingerprint density at radius 2 is 1.66 bits per heavy atom. The van der Waals surface area contributed by atoms with Crippen LogP contribution in [0, 0.1) is 6.92 Å².